The molecule has 2 aliphatic heterocycles. The van der Waals surface area contributed by atoms with E-state index in [0.717, 1.165) is 12.3 Å². The lowest BCUT2D eigenvalue weighted by atomic mass is 10.1. The Morgan fingerprint density at radius 1 is 0.593 bits per heavy atom. The zero-order valence-electron chi connectivity index (χ0n) is 14.3. The van der Waals surface area contributed by atoms with Crippen molar-refractivity contribution in [1.29, 1.82) is 0 Å². The highest BCUT2D eigenvalue weighted by atomic mass is 32.2. The molecule has 2 aromatic rings. The minimum Gasteiger partial charge on any atom is -0.386 e. The topological polar surface area (TPSA) is 105 Å². The van der Waals surface area contributed by atoms with Crippen LogP contribution < -0.4 is 0 Å². The number of carbonyl (C=O) groups is 4. The molecule has 9 heteroatoms. The Bertz CT molecular complexity index is 740. The summed E-state index contributed by atoms with van der Waals surface area (Å²) in [5.74, 6) is -2.20. The second kappa shape index (κ2) is 9.62. The van der Waals surface area contributed by atoms with Crippen molar-refractivity contribution < 1.29 is 37.0 Å². The van der Waals surface area contributed by atoms with Crippen LogP contribution in [0.1, 0.15) is 41.4 Å². The van der Waals surface area contributed by atoms with E-state index in [4.69, 9.17) is 0 Å². The van der Waals surface area contributed by atoms with Gasteiger partial charge in [0.1, 0.15) is 0 Å². The van der Waals surface area contributed by atoms with Gasteiger partial charge in [-0.05, 0) is 24.3 Å². The lowest BCUT2D eigenvalue weighted by Crippen LogP contribution is -1.96. The zero-order chi connectivity index (χ0) is 19.8. The van der Waals surface area contributed by atoms with Crippen LogP contribution in [-0.2, 0) is 17.8 Å². The molecule has 0 saturated heterocycles. The fourth-order valence-corrected chi connectivity index (χ4v) is 2.27. The van der Waals surface area contributed by atoms with E-state index in [-0.39, 0.29) is 0 Å². The van der Waals surface area contributed by atoms with Gasteiger partial charge in [0.2, 0.25) is 0 Å². The van der Waals surface area contributed by atoms with E-state index in [1.807, 2.05) is 0 Å². The van der Waals surface area contributed by atoms with E-state index in [1.54, 1.807) is 62.8 Å². The first-order valence-electron chi connectivity index (χ1n) is 7.44. The highest BCUT2D eigenvalue weighted by molar-refractivity contribution is 7.89. The van der Waals surface area contributed by atoms with Gasteiger partial charge in [-0.2, -0.15) is 0 Å². The number of ether oxygens (including phenoxy) is 2. The third kappa shape index (κ3) is 5.00. The van der Waals surface area contributed by atoms with Gasteiger partial charge in [-0.1, -0.05) is 24.3 Å². The summed E-state index contributed by atoms with van der Waals surface area (Å²) < 4.78 is 17.5. The zero-order valence-corrected chi connectivity index (χ0v) is 15.1. The second-order valence-electron chi connectivity index (χ2n) is 4.85. The van der Waals surface area contributed by atoms with Crippen molar-refractivity contribution in [2.24, 2.45) is 0 Å². The maximum atomic E-state index is 10.8. The molecule has 0 fully saturated rings. The standard InChI is InChI=1S/2C8H4O3.C2H6O2S/c2*9-7-5-3-1-2-4-6(5)8(10)11-7;1-3-5-4-2/h2*1-4H;1-2H3. The summed E-state index contributed by atoms with van der Waals surface area (Å²) in [5.41, 5.74) is 1.44. The highest BCUT2D eigenvalue weighted by Crippen LogP contribution is 2.19. The average molecular weight is 390 g/mol. The Labute approximate surface area is 158 Å². The molecule has 27 heavy (non-hydrogen) atoms. The molecule has 0 bridgehead atoms. The van der Waals surface area contributed by atoms with Gasteiger partial charge >= 0.3 is 23.9 Å². The quantitative estimate of drug-likeness (QED) is 0.435. The van der Waals surface area contributed by atoms with Crippen molar-refractivity contribution in [1.82, 2.24) is 0 Å². The van der Waals surface area contributed by atoms with E-state index >= 15 is 0 Å². The minimum atomic E-state index is -0.550. The SMILES string of the molecule is COSOC.O=C1OC(=O)c2ccccc21.O=C1OC(=O)c2ccccc21. The number of rotatable bonds is 2. The Kier molecular flexibility index (Phi) is 7.24. The monoisotopic (exact) mass is 390 g/mol. The lowest BCUT2D eigenvalue weighted by Gasteiger charge is -1.86. The Morgan fingerprint density at radius 3 is 1.04 bits per heavy atom. The number of benzene rings is 2. The first-order valence-corrected chi connectivity index (χ1v) is 8.10. The number of hydrogen-bond donors (Lipinski definition) is 0. The molecule has 0 saturated carbocycles. The highest BCUT2D eigenvalue weighted by Gasteiger charge is 2.29. The van der Waals surface area contributed by atoms with Gasteiger partial charge in [-0.3, -0.25) is 8.37 Å². The third-order valence-electron chi connectivity index (χ3n) is 3.24. The molecular formula is C18H14O8S. The Balaban J connectivity index is 0.000000157. The Morgan fingerprint density at radius 2 is 0.852 bits per heavy atom. The molecule has 4 rings (SSSR count). The smallest absolute Gasteiger partial charge is 0.346 e. The van der Waals surface area contributed by atoms with Crippen LogP contribution in [0.2, 0.25) is 0 Å². The molecule has 2 aromatic carbocycles. The van der Waals surface area contributed by atoms with Crippen molar-refractivity contribution in [3.63, 3.8) is 0 Å². The van der Waals surface area contributed by atoms with Crippen LogP contribution in [0.15, 0.2) is 48.5 Å². The summed E-state index contributed by atoms with van der Waals surface area (Å²) in [6.07, 6.45) is 0. The van der Waals surface area contributed by atoms with Gasteiger partial charge in [0.25, 0.3) is 0 Å². The van der Waals surface area contributed by atoms with E-state index in [0.29, 0.717) is 22.3 Å². The van der Waals surface area contributed by atoms with Gasteiger partial charge in [-0.25, -0.2) is 19.2 Å². The first kappa shape index (κ1) is 20.3. The lowest BCUT2D eigenvalue weighted by molar-refractivity contribution is 0.0425. The maximum Gasteiger partial charge on any atom is 0.346 e. The minimum absolute atomic E-state index is 0.359. The fourth-order valence-electron chi connectivity index (χ4n) is 2.13. The van der Waals surface area contributed by atoms with E-state index in [2.05, 4.69) is 17.8 Å². The van der Waals surface area contributed by atoms with Gasteiger partial charge < -0.3 is 9.47 Å². The summed E-state index contributed by atoms with van der Waals surface area (Å²) in [6.45, 7) is 0. The molecule has 0 unspecified atom stereocenters. The predicted octanol–water partition coefficient (Wildman–Crippen LogP) is 2.84. The molecule has 2 heterocycles. The normalized spacial score (nSPS) is 13.4. The largest absolute Gasteiger partial charge is 0.386 e. The van der Waals surface area contributed by atoms with Crippen LogP contribution in [-0.4, -0.2) is 38.1 Å². The van der Waals surface area contributed by atoms with Gasteiger partial charge in [-0.15, -0.1) is 0 Å². The molecule has 0 N–H and O–H groups in total. The third-order valence-corrected chi connectivity index (χ3v) is 3.51. The van der Waals surface area contributed by atoms with Gasteiger partial charge in [0.05, 0.1) is 36.5 Å². The number of fused-ring (bicyclic) bond motifs is 2. The first-order chi connectivity index (χ1) is 13.0. The van der Waals surface area contributed by atoms with Crippen LogP contribution in [0, 0.1) is 0 Å². The molecule has 0 radical (unpaired) electrons. The fraction of sp³-hybridized carbons (Fsp3) is 0.111. The van der Waals surface area contributed by atoms with E-state index < -0.39 is 23.9 Å². The van der Waals surface area contributed by atoms with Gasteiger partial charge in [0, 0.05) is 0 Å². The summed E-state index contributed by atoms with van der Waals surface area (Å²) in [4.78, 5) is 43.3. The molecule has 2 aliphatic rings. The Hall–Kier alpha value is -3.01. The van der Waals surface area contributed by atoms with Crippen molar-refractivity contribution in [3.05, 3.63) is 70.8 Å². The number of esters is 4. The second-order valence-corrected chi connectivity index (χ2v) is 5.65. The molecule has 0 spiro atoms. The average Bonchev–Trinajstić information content (AvgIpc) is 3.13. The number of hydrogen-bond acceptors (Lipinski definition) is 9. The van der Waals surface area contributed by atoms with Crippen LogP contribution in [0.25, 0.3) is 0 Å². The van der Waals surface area contributed by atoms with E-state index in [1.165, 1.54) is 0 Å². The van der Waals surface area contributed by atoms with Crippen molar-refractivity contribution in [3.8, 4) is 0 Å². The van der Waals surface area contributed by atoms with Crippen molar-refractivity contribution >= 4 is 36.2 Å². The van der Waals surface area contributed by atoms with Crippen LogP contribution in [0.3, 0.4) is 0 Å². The molecular weight excluding hydrogens is 376 g/mol. The van der Waals surface area contributed by atoms with Gasteiger partial charge in [0.15, 0.2) is 12.3 Å². The number of cyclic esters (lactones) is 4. The molecule has 140 valence electrons. The van der Waals surface area contributed by atoms with E-state index in [9.17, 15) is 19.2 Å². The summed E-state index contributed by atoms with van der Waals surface area (Å²) in [5, 5.41) is 0. The molecule has 0 aromatic heterocycles. The van der Waals surface area contributed by atoms with Crippen molar-refractivity contribution in [2.75, 3.05) is 14.2 Å². The summed E-state index contributed by atoms with van der Waals surface area (Å²) in [6, 6.07) is 13.1. The molecule has 8 nitrogen and oxygen atoms in total. The van der Waals surface area contributed by atoms with Crippen molar-refractivity contribution in [2.45, 2.75) is 0 Å². The predicted molar refractivity (Wildman–Crippen MR) is 94.0 cm³/mol. The maximum absolute atomic E-state index is 10.8. The molecule has 0 amide bonds. The van der Waals surface area contributed by atoms with Crippen LogP contribution in [0.4, 0.5) is 0 Å². The van der Waals surface area contributed by atoms with Crippen LogP contribution in [0.5, 0.6) is 0 Å². The number of carbonyl (C=O) groups excluding carboxylic acids is 4. The molecule has 0 atom stereocenters. The summed E-state index contributed by atoms with van der Waals surface area (Å²) in [7, 11) is 3.10. The van der Waals surface area contributed by atoms with Crippen LogP contribution >= 0.6 is 12.3 Å². The summed E-state index contributed by atoms with van der Waals surface area (Å²) >= 11 is 0.963. The molecule has 0 aliphatic carbocycles.